The fraction of sp³-hybridized carbons (Fsp3) is 0.400. The van der Waals surface area contributed by atoms with Gasteiger partial charge in [0.1, 0.15) is 12.6 Å². The van der Waals surface area contributed by atoms with Gasteiger partial charge in [0, 0.05) is 23.6 Å². The van der Waals surface area contributed by atoms with E-state index in [-0.39, 0.29) is 13.0 Å². The third kappa shape index (κ3) is 9.27. The Morgan fingerprint density at radius 3 is 2.44 bits per heavy atom. The van der Waals surface area contributed by atoms with Gasteiger partial charge in [0.15, 0.2) is 11.5 Å². The molecule has 0 aliphatic carbocycles. The minimum atomic E-state index is -1.18. The van der Waals surface area contributed by atoms with Crippen molar-refractivity contribution in [2.45, 2.75) is 44.4 Å². The van der Waals surface area contributed by atoms with Crippen LogP contribution >= 0.6 is 11.6 Å². The van der Waals surface area contributed by atoms with Crippen molar-refractivity contribution in [1.29, 1.82) is 0 Å². The summed E-state index contributed by atoms with van der Waals surface area (Å²) in [6, 6.07) is 10.1. The average Bonchev–Trinajstić information content (AvgIpc) is 2.87. The van der Waals surface area contributed by atoms with Crippen molar-refractivity contribution in [2.24, 2.45) is 5.73 Å². The number of unbranched alkanes of at least 4 members (excludes halogenated alkanes) is 1. The summed E-state index contributed by atoms with van der Waals surface area (Å²) < 4.78 is 15.5. The van der Waals surface area contributed by atoms with E-state index >= 15 is 0 Å². The molecule has 0 saturated heterocycles. The van der Waals surface area contributed by atoms with Crippen molar-refractivity contribution in [1.82, 2.24) is 10.6 Å². The number of amides is 2. The first-order valence-electron chi connectivity index (χ1n) is 11.4. The average molecular weight is 522 g/mol. The van der Waals surface area contributed by atoms with E-state index in [2.05, 4.69) is 10.6 Å². The van der Waals surface area contributed by atoms with Crippen LogP contribution in [0, 0.1) is 0 Å². The summed E-state index contributed by atoms with van der Waals surface area (Å²) in [6.07, 6.45) is 0.916. The fourth-order valence-corrected chi connectivity index (χ4v) is 3.53. The van der Waals surface area contributed by atoms with E-state index in [1.165, 1.54) is 14.2 Å². The molecule has 2 rings (SSSR count). The first kappa shape index (κ1) is 28.7. The highest BCUT2D eigenvalue weighted by molar-refractivity contribution is 6.31. The summed E-state index contributed by atoms with van der Waals surface area (Å²) in [5, 5.41) is 15.2. The highest BCUT2D eigenvalue weighted by Crippen LogP contribution is 2.28. The lowest BCUT2D eigenvalue weighted by Gasteiger charge is -2.18. The third-order valence-electron chi connectivity index (χ3n) is 5.37. The maximum atomic E-state index is 12.4. The van der Waals surface area contributed by atoms with Gasteiger partial charge in [-0.3, -0.25) is 4.79 Å². The van der Waals surface area contributed by atoms with E-state index in [1.54, 1.807) is 42.5 Å². The van der Waals surface area contributed by atoms with Gasteiger partial charge in [0.2, 0.25) is 5.91 Å². The van der Waals surface area contributed by atoms with Gasteiger partial charge >= 0.3 is 12.1 Å². The zero-order chi connectivity index (χ0) is 26.5. The van der Waals surface area contributed by atoms with Gasteiger partial charge in [-0.2, -0.15) is 0 Å². The number of nitrogens with one attached hydrogen (secondary N) is 2. The molecule has 0 saturated carbocycles. The molecule has 196 valence electrons. The number of carboxylic acid groups (broad SMARTS) is 1. The largest absolute Gasteiger partial charge is 0.493 e. The molecule has 2 unspecified atom stereocenters. The molecule has 0 aliphatic rings. The molecule has 2 aromatic rings. The van der Waals surface area contributed by atoms with Gasteiger partial charge in [-0.05, 0) is 43.0 Å². The number of alkyl carbamates (subject to hydrolysis) is 1. The Kier molecular flexibility index (Phi) is 11.8. The van der Waals surface area contributed by atoms with E-state index in [9.17, 15) is 19.5 Å². The quantitative estimate of drug-likeness (QED) is 0.277. The van der Waals surface area contributed by atoms with Gasteiger partial charge in [-0.15, -0.1) is 0 Å². The second kappa shape index (κ2) is 14.8. The van der Waals surface area contributed by atoms with Gasteiger partial charge in [0.25, 0.3) is 0 Å². The Morgan fingerprint density at radius 1 is 1.06 bits per heavy atom. The Morgan fingerprint density at radius 2 is 1.78 bits per heavy atom. The molecule has 11 heteroatoms. The first-order valence-corrected chi connectivity index (χ1v) is 11.8. The summed E-state index contributed by atoms with van der Waals surface area (Å²) in [6.45, 7) is 0.400. The number of hydrogen-bond donors (Lipinski definition) is 4. The molecule has 2 atom stereocenters. The standard InChI is InChI=1S/C25H32ClN3O7/c1-34-21-11-10-16(14-22(21)35-2)13-20(24(31)32)29-23(30)19(27)9-5-6-12-28-25(33)36-15-17-7-3-4-8-18(17)26/h3-4,7-8,10-11,14,19-20H,5-6,9,12-13,15,27H2,1-2H3,(H,28,33)(H,29,30)(H,31,32). The van der Waals surface area contributed by atoms with Crippen molar-refractivity contribution in [3.8, 4) is 11.5 Å². The number of aliphatic carboxylic acids is 1. The van der Waals surface area contributed by atoms with Gasteiger partial charge in [-0.1, -0.05) is 35.9 Å². The summed E-state index contributed by atoms with van der Waals surface area (Å²) in [7, 11) is 2.99. The van der Waals surface area contributed by atoms with Crippen LogP contribution < -0.4 is 25.8 Å². The lowest BCUT2D eigenvalue weighted by atomic mass is 10.0. The van der Waals surface area contributed by atoms with Crippen LogP contribution in [0.4, 0.5) is 4.79 Å². The highest BCUT2D eigenvalue weighted by Gasteiger charge is 2.24. The van der Waals surface area contributed by atoms with Crippen LogP contribution in [0.15, 0.2) is 42.5 Å². The number of benzene rings is 2. The lowest BCUT2D eigenvalue weighted by molar-refractivity contribution is -0.142. The fourth-order valence-electron chi connectivity index (χ4n) is 3.34. The maximum absolute atomic E-state index is 12.4. The lowest BCUT2D eigenvalue weighted by Crippen LogP contribution is -2.49. The first-order chi connectivity index (χ1) is 17.2. The molecule has 0 aromatic heterocycles. The van der Waals surface area contributed by atoms with E-state index in [0.29, 0.717) is 53.5 Å². The smallest absolute Gasteiger partial charge is 0.407 e. The maximum Gasteiger partial charge on any atom is 0.407 e. The number of carbonyl (C=O) groups is 3. The molecule has 2 amide bonds. The molecule has 36 heavy (non-hydrogen) atoms. The van der Waals surface area contributed by atoms with Crippen LogP contribution in [0.25, 0.3) is 0 Å². The van der Waals surface area contributed by atoms with E-state index in [0.717, 1.165) is 0 Å². The molecular weight excluding hydrogens is 490 g/mol. The molecule has 2 aromatic carbocycles. The molecule has 0 spiro atoms. The van der Waals surface area contributed by atoms with Crippen LogP contribution in [0.1, 0.15) is 30.4 Å². The summed E-state index contributed by atoms with van der Waals surface area (Å²) >= 11 is 6.02. The Hall–Kier alpha value is -3.50. The second-order valence-electron chi connectivity index (χ2n) is 7.99. The minimum Gasteiger partial charge on any atom is -0.493 e. The Balaban J connectivity index is 1.72. The van der Waals surface area contributed by atoms with Gasteiger partial charge in [0.05, 0.1) is 20.3 Å². The number of nitrogens with two attached hydrogens (primary N) is 1. The molecular formula is C25H32ClN3O7. The minimum absolute atomic E-state index is 0.0500. The summed E-state index contributed by atoms with van der Waals surface area (Å²) in [5.41, 5.74) is 7.30. The Labute approximate surface area is 215 Å². The van der Waals surface area contributed by atoms with Crippen molar-refractivity contribution in [3.05, 3.63) is 58.6 Å². The zero-order valence-corrected chi connectivity index (χ0v) is 21.0. The Bertz CT molecular complexity index is 1030. The number of rotatable bonds is 14. The van der Waals surface area contributed by atoms with Crippen LogP contribution in [0.3, 0.4) is 0 Å². The van der Waals surface area contributed by atoms with E-state index in [1.807, 2.05) is 0 Å². The molecule has 5 N–H and O–H groups in total. The van der Waals surface area contributed by atoms with Gasteiger partial charge in [-0.25, -0.2) is 9.59 Å². The van der Waals surface area contributed by atoms with E-state index < -0.39 is 30.1 Å². The molecule has 10 nitrogen and oxygen atoms in total. The van der Waals surface area contributed by atoms with Gasteiger partial charge < -0.3 is 35.7 Å². The zero-order valence-electron chi connectivity index (χ0n) is 20.3. The number of hydrogen-bond acceptors (Lipinski definition) is 7. The number of ether oxygens (including phenoxy) is 3. The predicted octanol–water partition coefficient (Wildman–Crippen LogP) is 2.89. The molecule has 0 radical (unpaired) electrons. The van der Waals surface area contributed by atoms with Crippen LogP contribution in [-0.2, 0) is 27.4 Å². The topological polar surface area (TPSA) is 149 Å². The summed E-state index contributed by atoms with van der Waals surface area (Å²) in [5.74, 6) is -0.758. The predicted molar refractivity (Wildman–Crippen MR) is 134 cm³/mol. The van der Waals surface area contributed by atoms with Crippen molar-refractivity contribution >= 4 is 29.6 Å². The second-order valence-corrected chi connectivity index (χ2v) is 8.40. The van der Waals surface area contributed by atoms with Crippen molar-refractivity contribution in [2.75, 3.05) is 20.8 Å². The molecule has 0 aliphatic heterocycles. The third-order valence-corrected chi connectivity index (χ3v) is 5.74. The van der Waals surface area contributed by atoms with Crippen LogP contribution in [0.2, 0.25) is 5.02 Å². The summed E-state index contributed by atoms with van der Waals surface area (Å²) in [4.78, 5) is 35.9. The number of carbonyl (C=O) groups excluding carboxylic acids is 2. The molecule has 0 bridgehead atoms. The van der Waals surface area contributed by atoms with Crippen LogP contribution in [-0.4, -0.2) is 55.9 Å². The number of methoxy groups -OCH3 is 2. The highest BCUT2D eigenvalue weighted by atomic mass is 35.5. The normalized spacial score (nSPS) is 12.2. The number of halogens is 1. The monoisotopic (exact) mass is 521 g/mol. The SMILES string of the molecule is COc1ccc(CC(NC(=O)C(N)CCCCNC(=O)OCc2ccccc2Cl)C(=O)O)cc1OC. The van der Waals surface area contributed by atoms with Crippen molar-refractivity contribution < 1.29 is 33.7 Å². The van der Waals surface area contributed by atoms with Crippen LogP contribution in [0.5, 0.6) is 11.5 Å². The van der Waals surface area contributed by atoms with E-state index in [4.69, 9.17) is 31.5 Å². The molecule has 0 heterocycles. The number of carboxylic acids is 1. The molecule has 0 fully saturated rings. The van der Waals surface area contributed by atoms with Crippen molar-refractivity contribution in [3.63, 3.8) is 0 Å².